The largest absolute Gasteiger partial charge is 0.355 e. The average Bonchev–Trinajstić information content (AvgIpc) is 2.76. The Hall–Kier alpha value is -0.340. The van der Waals surface area contributed by atoms with Crippen LogP contribution < -0.4 is 0 Å². The van der Waals surface area contributed by atoms with Crippen LogP contribution in [0.25, 0.3) is 0 Å². The van der Waals surface area contributed by atoms with Gasteiger partial charge in [0.25, 0.3) is 0 Å². The van der Waals surface area contributed by atoms with Gasteiger partial charge in [0, 0.05) is 12.5 Å². The van der Waals surface area contributed by atoms with Crippen LogP contribution in [0, 0.1) is 34.0 Å². The monoisotopic (exact) mass is 316 g/mol. The molecule has 4 aliphatic carbocycles. The van der Waals surface area contributed by atoms with E-state index in [-0.39, 0.29) is 11.7 Å². The molecule has 128 valence electrons. The van der Waals surface area contributed by atoms with E-state index in [1.165, 1.54) is 57.8 Å². The Kier molecular flexibility index (Phi) is 3.01. The van der Waals surface area contributed by atoms with Crippen LogP contribution in [0.3, 0.4) is 0 Å². The van der Waals surface area contributed by atoms with Crippen molar-refractivity contribution in [2.75, 3.05) is 13.7 Å². The number of allylic oxidation sites excluding steroid dienone is 1. The molecule has 5 fully saturated rings. The fraction of sp³-hybridized carbons (Fsp3) is 0.905. The van der Waals surface area contributed by atoms with E-state index in [1.54, 1.807) is 5.57 Å². The fourth-order valence-electron chi connectivity index (χ4n) is 8.34. The van der Waals surface area contributed by atoms with Gasteiger partial charge in [-0.3, -0.25) is 0 Å². The molecule has 1 heterocycles. The van der Waals surface area contributed by atoms with Gasteiger partial charge in [-0.2, -0.15) is 0 Å². The Morgan fingerprint density at radius 3 is 2.83 bits per heavy atom. The van der Waals surface area contributed by atoms with Crippen molar-refractivity contribution in [1.29, 1.82) is 0 Å². The Morgan fingerprint density at radius 2 is 2.00 bits per heavy atom. The molecule has 1 spiro atoms. The van der Waals surface area contributed by atoms with Gasteiger partial charge in [-0.25, -0.2) is 0 Å². The number of hydrogen-bond acceptors (Lipinski definition) is 2. The third-order valence-electron chi connectivity index (χ3n) is 9.00. The minimum Gasteiger partial charge on any atom is -0.355 e. The first kappa shape index (κ1) is 15.0. The van der Waals surface area contributed by atoms with Gasteiger partial charge in [0.15, 0.2) is 6.29 Å². The first-order valence-electron chi connectivity index (χ1n) is 9.86. The average molecular weight is 316 g/mol. The predicted molar refractivity (Wildman–Crippen MR) is 90.9 cm³/mol. The van der Waals surface area contributed by atoms with E-state index in [4.69, 9.17) is 9.47 Å². The van der Waals surface area contributed by atoms with Gasteiger partial charge >= 0.3 is 0 Å². The zero-order valence-corrected chi connectivity index (χ0v) is 14.9. The number of hydrogen-bond donors (Lipinski definition) is 0. The molecule has 0 aromatic heterocycles. The highest BCUT2D eigenvalue weighted by molar-refractivity contribution is 5.23. The summed E-state index contributed by atoms with van der Waals surface area (Å²) in [5.74, 6) is 2.43. The van der Waals surface area contributed by atoms with Gasteiger partial charge in [0.1, 0.15) is 0 Å². The lowest BCUT2D eigenvalue weighted by molar-refractivity contribution is -0.336. The number of ether oxygens (including phenoxy) is 2. The van der Waals surface area contributed by atoms with Gasteiger partial charge in [-0.15, -0.1) is 0 Å². The van der Waals surface area contributed by atoms with E-state index in [9.17, 15) is 0 Å². The highest BCUT2D eigenvalue weighted by Crippen LogP contribution is 2.74. The summed E-state index contributed by atoms with van der Waals surface area (Å²) in [6, 6.07) is 0. The summed E-state index contributed by atoms with van der Waals surface area (Å²) >= 11 is 0. The Morgan fingerprint density at radius 1 is 1.13 bits per heavy atom. The van der Waals surface area contributed by atoms with Crippen LogP contribution >= 0.6 is 0 Å². The molecule has 4 saturated carbocycles. The van der Waals surface area contributed by atoms with E-state index >= 15 is 0 Å². The van der Waals surface area contributed by atoms with E-state index in [0.717, 1.165) is 24.4 Å². The molecule has 0 amide bonds. The van der Waals surface area contributed by atoms with Crippen molar-refractivity contribution in [2.24, 2.45) is 34.0 Å². The molecular formula is C21H32O2. The topological polar surface area (TPSA) is 18.5 Å². The van der Waals surface area contributed by atoms with Crippen LogP contribution in [0.1, 0.15) is 64.7 Å². The Bertz CT molecular complexity index is 542. The summed E-state index contributed by atoms with van der Waals surface area (Å²) in [5.41, 5.74) is 2.77. The van der Waals surface area contributed by atoms with Crippen LogP contribution in [-0.4, -0.2) is 20.0 Å². The van der Waals surface area contributed by atoms with Gasteiger partial charge in [-0.05, 0) is 80.0 Å². The van der Waals surface area contributed by atoms with E-state index < -0.39 is 0 Å². The van der Waals surface area contributed by atoms with Crippen LogP contribution in [-0.2, 0) is 9.47 Å². The first-order valence-corrected chi connectivity index (χ1v) is 9.86. The lowest BCUT2D eigenvalue weighted by Gasteiger charge is -2.69. The smallest absolute Gasteiger partial charge is 0.163 e. The molecule has 0 N–H and O–H groups in total. The van der Waals surface area contributed by atoms with Gasteiger partial charge in [0.2, 0.25) is 0 Å². The Labute approximate surface area is 141 Å². The van der Waals surface area contributed by atoms with E-state index in [0.29, 0.717) is 10.8 Å². The van der Waals surface area contributed by atoms with Crippen molar-refractivity contribution in [3.8, 4) is 0 Å². The first-order chi connectivity index (χ1) is 11.0. The van der Waals surface area contributed by atoms with Crippen molar-refractivity contribution in [1.82, 2.24) is 0 Å². The second-order valence-corrected chi connectivity index (χ2v) is 9.82. The molecule has 5 rings (SSSR count). The molecule has 5 aliphatic rings. The van der Waals surface area contributed by atoms with Crippen molar-refractivity contribution >= 4 is 0 Å². The molecule has 0 unspecified atom stereocenters. The minimum atomic E-state index is 0.0356. The van der Waals surface area contributed by atoms with Crippen LogP contribution in [0.15, 0.2) is 12.2 Å². The summed E-state index contributed by atoms with van der Waals surface area (Å²) in [5, 5.41) is 0. The number of fused-ring (bicyclic) bond motifs is 1. The lowest BCUT2D eigenvalue weighted by atomic mass is 9.39. The molecule has 1 aliphatic heterocycles. The number of rotatable bonds is 1. The SMILES string of the molecule is C=C1C[C@@]23CC[C@@H]4[C@@]5(C)CCC[C@@]4([C@@H](OC)OC5)[C@@H]2CC[C@@H]1C3. The third kappa shape index (κ3) is 1.68. The Balaban J connectivity index is 1.63. The summed E-state index contributed by atoms with van der Waals surface area (Å²) in [6.45, 7) is 7.87. The molecule has 0 aromatic carbocycles. The molecule has 4 bridgehead atoms. The maximum absolute atomic E-state index is 6.39. The zero-order valence-electron chi connectivity index (χ0n) is 14.9. The van der Waals surface area contributed by atoms with Crippen molar-refractivity contribution in [2.45, 2.75) is 71.0 Å². The molecule has 2 heteroatoms. The van der Waals surface area contributed by atoms with Crippen molar-refractivity contribution in [3.63, 3.8) is 0 Å². The number of methoxy groups -OCH3 is 1. The molecule has 0 radical (unpaired) electrons. The highest BCUT2D eigenvalue weighted by Gasteiger charge is 2.70. The van der Waals surface area contributed by atoms with Gasteiger partial charge in [0.05, 0.1) is 6.61 Å². The standard InChI is InChI=1S/C21H32O2/c1-14-11-20-10-7-16-19(2)8-4-9-21(16,18(22-3)23-13-19)17(20)6-5-15(14)12-20/h15-18H,1,4-13H2,2-3H3/t15-,16-,17-,18+,19+,20-,21+/m1/s1. The predicted octanol–water partition coefficient (Wildman–Crippen LogP) is 4.94. The van der Waals surface area contributed by atoms with Crippen LogP contribution in [0.4, 0.5) is 0 Å². The summed E-state index contributed by atoms with van der Waals surface area (Å²) in [6.07, 6.45) is 12.4. The maximum atomic E-state index is 6.39. The molecular weight excluding hydrogens is 284 g/mol. The zero-order chi connectivity index (χ0) is 15.9. The molecule has 1 saturated heterocycles. The molecule has 0 aromatic rings. The second-order valence-electron chi connectivity index (χ2n) is 9.82. The van der Waals surface area contributed by atoms with E-state index in [1.807, 2.05) is 7.11 Å². The summed E-state index contributed by atoms with van der Waals surface area (Å²) in [7, 11) is 1.88. The quantitative estimate of drug-likeness (QED) is 0.638. The van der Waals surface area contributed by atoms with Crippen LogP contribution in [0.2, 0.25) is 0 Å². The summed E-state index contributed by atoms with van der Waals surface area (Å²) < 4.78 is 12.4. The van der Waals surface area contributed by atoms with E-state index in [2.05, 4.69) is 13.5 Å². The van der Waals surface area contributed by atoms with Crippen molar-refractivity contribution in [3.05, 3.63) is 12.2 Å². The molecule has 7 atom stereocenters. The lowest BCUT2D eigenvalue weighted by Crippen LogP contribution is -2.67. The van der Waals surface area contributed by atoms with Crippen LogP contribution in [0.5, 0.6) is 0 Å². The minimum absolute atomic E-state index is 0.0356. The molecule has 23 heavy (non-hydrogen) atoms. The van der Waals surface area contributed by atoms with Crippen molar-refractivity contribution < 1.29 is 9.47 Å². The van der Waals surface area contributed by atoms with Gasteiger partial charge < -0.3 is 9.47 Å². The fourth-order valence-corrected chi connectivity index (χ4v) is 8.34. The maximum Gasteiger partial charge on any atom is 0.163 e. The molecule has 2 nitrogen and oxygen atoms in total. The second kappa shape index (κ2) is 4.64. The van der Waals surface area contributed by atoms with Gasteiger partial charge in [-0.1, -0.05) is 25.5 Å². The third-order valence-corrected chi connectivity index (χ3v) is 9.00. The highest BCUT2D eigenvalue weighted by atomic mass is 16.7. The normalized spacial score (nSPS) is 57.7. The summed E-state index contributed by atoms with van der Waals surface area (Å²) in [4.78, 5) is 0.